The highest BCUT2D eigenvalue weighted by Crippen LogP contribution is 2.32. The summed E-state index contributed by atoms with van der Waals surface area (Å²) in [7, 11) is 2.00. The van der Waals surface area contributed by atoms with Gasteiger partial charge in [0.1, 0.15) is 19.4 Å². The minimum atomic E-state index is 0.0456. The number of amides is 1. The number of carbonyl (C=O) groups excluding carboxylic acids is 2. The van der Waals surface area contributed by atoms with E-state index in [0.717, 1.165) is 23.3 Å². The SMILES string of the molecule is Bc1cnc2c(c1)CCC(=O)N2C1CC(=O)C1. The lowest BCUT2D eigenvalue weighted by Gasteiger charge is -2.38. The van der Waals surface area contributed by atoms with Crippen LogP contribution in [0.1, 0.15) is 24.8 Å². The molecule has 1 fully saturated rings. The van der Waals surface area contributed by atoms with E-state index in [2.05, 4.69) is 11.1 Å². The van der Waals surface area contributed by atoms with Gasteiger partial charge in [-0.2, -0.15) is 0 Å². The number of Topliss-reactive ketones (excluding diaryl/α,β-unsaturated/α-hetero) is 1. The van der Waals surface area contributed by atoms with Crippen molar-refractivity contribution in [2.75, 3.05) is 4.90 Å². The van der Waals surface area contributed by atoms with Crippen LogP contribution in [-0.4, -0.2) is 30.6 Å². The van der Waals surface area contributed by atoms with Gasteiger partial charge < -0.3 is 0 Å². The average molecular weight is 228 g/mol. The van der Waals surface area contributed by atoms with Crippen molar-refractivity contribution in [3.8, 4) is 0 Å². The molecule has 5 heteroatoms. The molecule has 2 aliphatic rings. The first-order valence-corrected chi connectivity index (χ1v) is 5.94. The molecule has 1 saturated carbocycles. The van der Waals surface area contributed by atoms with Crippen LogP contribution in [0.15, 0.2) is 12.3 Å². The van der Waals surface area contributed by atoms with Gasteiger partial charge >= 0.3 is 0 Å². The van der Waals surface area contributed by atoms with Crippen molar-refractivity contribution in [1.82, 2.24) is 4.98 Å². The van der Waals surface area contributed by atoms with E-state index in [1.54, 1.807) is 11.1 Å². The number of carbonyl (C=O) groups is 2. The van der Waals surface area contributed by atoms with Crippen LogP contribution >= 0.6 is 0 Å². The van der Waals surface area contributed by atoms with Crippen LogP contribution < -0.4 is 10.4 Å². The Bertz CT molecular complexity index is 507. The highest BCUT2D eigenvalue weighted by molar-refractivity contribution is 6.32. The van der Waals surface area contributed by atoms with E-state index in [-0.39, 0.29) is 17.7 Å². The van der Waals surface area contributed by atoms with Gasteiger partial charge in [-0.3, -0.25) is 14.5 Å². The molecule has 0 aromatic carbocycles. The van der Waals surface area contributed by atoms with Crippen LogP contribution in [0.25, 0.3) is 0 Å². The molecule has 86 valence electrons. The molecule has 1 aromatic heterocycles. The number of aromatic nitrogens is 1. The molecule has 0 bridgehead atoms. The molecule has 0 unspecified atom stereocenters. The number of nitrogens with zero attached hydrogens (tertiary/aromatic N) is 2. The molecule has 17 heavy (non-hydrogen) atoms. The van der Waals surface area contributed by atoms with Gasteiger partial charge in [-0.15, -0.1) is 0 Å². The largest absolute Gasteiger partial charge is 0.300 e. The smallest absolute Gasteiger partial charge is 0.228 e. The third kappa shape index (κ3) is 1.66. The Labute approximate surface area is 100 Å². The zero-order valence-corrected chi connectivity index (χ0v) is 9.77. The van der Waals surface area contributed by atoms with E-state index in [1.807, 2.05) is 7.85 Å². The highest BCUT2D eigenvalue weighted by Gasteiger charge is 2.38. The monoisotopic (exact) mass is 228 g/mol. The van der Waals surface area contributed by atoms with E-state index in [4.69, 9.17) is 0 Å². The lowest BCUT2D eigenvalue weighted by molar-refractivity contribution is -0.126. The molecule has 0 atom stereocenters. The molecule has 1 aromatic rings. The minimum Gasteiger partial charge on any atom is -0.300 e. The first-order chi connectivity index (χ1) is 8.15. The lowest BCUT2D eigenvalue weighted by atomic mass is 9.87. The van der Waals surface area contributed by atoms with Crippen molar-refractivity contribution >= 4 is 30.8 Å². The molecule has 4 nitrogen and oxygen atoms in total. The number of fused-ring (bicyclic) bond motifs is 1. The molecule has 1 aliphatic heterocycles. The minimum absolute atomic E-state index is 0.0456. The fourth-order valence-electron chi connectivity index (χ4n) is 2.53. The molecule has 1 aliphatic carbocycles. The summed E-state index contributed by atoms with van der Waals surface area (Å²) in [5.74, 6) is 1.11. The van der Waals surface area contributed by atoms with Gasteiger partial charge in [0.25, 0.3) is 0 Å². The summed E-state index contributed by atoms with van der Waals surface area (Å²) in [6.45, 7) is 0. The molecule has 2 heterocycles. The zero-order valence-electron chi connectivity index (χ0n) is 9.77. The van der Waals surface area contributed by atoms with E-state index in [0.29, 0.717) is 19.3 Å². The van der Waals surface area contributed by atoms with Crippen LogP contribution in [0, 0.1) is 0 Å². The van der Waals surface area contributed by atoms with Crippen LogP contribution in [0.2, 0.25) is 0 Å². The summed E-state index contributed by atoms with van der Waals surface area (Å²) >= 11 is 0. The summed E-state index contributed by atoms with van der Waals surface area (Å²) in [6, 6.07) is 2.13. The number of anilines is 1. The van der Waals surface area contributed by atoms with Crippen molar-refractivity contribution in [2.45, 2.75) is 31.7 Å². The van der Waals surface area contributed by atoms with Crippen LogP contribution in [-0.2, 0) is 16.0 Å². The van der Waals surface area contributed by atoms with Crippen molar-refractivity contribution < 1.29 is 9.59 Å². The molecule has 0 radical (unpaired) electrons. The molecule has 3 rings (SSSR count). The number of ketones is 1. The van der Waals surface area contributed by atoms with Crippen molar-refractivity contribution in [1.29, 1.82) is 0 Å². The Balaban J connectivity index is 1.98. The van der Waals surface area contributed by atoms with Crippen LogP contribution in [0.5, 0.6) is 0 Å². The predicted octanol–water partition coefficient (Wildman–Crippen LogP) is -0.649. The number of aryl methyl sites for hydroxylation is 1. The first-order valence-electron chi connectivity index (χ1n) is 5.94. The molecular formula is C12H13BN2O2. The average Bonchev–Trinajstić information content (AvgIpc) is 2.26. The molecule has 0 saturated heterocycles. The predicted molar refractivity (Wildman–Crippen MR) is 66.3 cm³/mol. The molecular weight excluding hydrogens is 215 g/mol. The van der Waals surface area contributed by atoms with Gasteiger partial charge in [0.05, 0.1) is 6.04 Å². The van der Waals surface area contributed by atoms with E-state index in [9.17, 15) is 9.59 Å². The molecule has 0 N–H and O–H groups in total. The third-order valence-corrected chi connectivity index (χ3v) is 3.48. The summed E-state index contributed by atoms with van der Waals surface area (Å²) in [5, 5.41) is 0. The van der Waals surface area contributed by atoms with Gasteiger partial charge in [-0.05, 0) is 12.0 Å². The van der Waals surface area contributed by atoms with Gasteiger partial charge in [-0.1, -0.05) is 11.5 Å². The van der Waals surface area contributed by atoms with Gasteiger partial charge in [0.2, 0.25) is 5.91 Å². The quantitative estimate of drug-likeness (QED) is 0.600. The second-order valence-electron chi connectivity index (χ2n) is 4.86. The Morgan fingerprint density at radius 3 is 2.76 bits per heavy atom. The van der Waals surface area contributed by atoms with Gasteiger partial charge in [0, 0.05) is 25.5 Å². The topological polar surface area (TPSA) is 50.3 Å². The lowest BCUT2D eigenvalue weighted by Crippen LogP contribution is -2.50. The summed E-state index contributed by atoms with van der Waals surface area (Å²) < 4.78 is 0. The van der Waals surface area contributed by atoms with Gasteiger partial charge in [0.15, 0.2) is 0 Å². The number of hydrogen-bond donors (Lipinski definition) is 0. The maximum Gasteiger partial charge on any atom is 0.228 e. The standard InChI is InChI=1S/C12H13BN2O2/c13-8-3-7-1-2-11(17)15(12(7)14-6-8)9-4-10(16)5-9/h3,6,9H,1-2,4-5,13H2. The zero-order chi connectivity index (χ0) is 12.0. The maximum atomic E-state index is 12.0. The second-order valence-corrected chi connectivity index (χ2v) is 4.86. The van der Waals surface area contributed by atoms with E-state index < -0.39 is 0 Å². The maximum absolute atomic E-state index is 12.0. The number of rotatable bonds is 1. The van der Waals surface area contributed by atoms with Gasteiger partial charge in [-0.25, -0.2) is 4.98 Å². The Hall–Kier alpha value is -1.65. The van der Waals surface area contributed by atoms with E-state index in [1.165, 1.54) is 0 Å². The second kappa shape index (κ2) is 3.69. The summed E-state index contributed by atoms with van der Waals surface area (Å²) in [6.07, 6.45) is 4.05. The normalized spacial score (nSPS) is 20.1. The van der Waals surface area contributed by atoms with Crippen LogP contribution in [0.3, 0.4) is 0 Å². The summed E-state index contributed by atoms with van der Waals surface area (Å²) in [5.41, 5.74) is 2.24. The number of pyridine rings is 1. The van der Waals surface area contributed by atoms with E-state index >= 15 is 0 Å². The Kier molecular flexibility index (Phi) is 2.28. The fraction of sp³-hybridized carbons (Fsp3) is 0.417. The molecule has 0 spiro atoms. The van der Waals surface area contributed by atoms with Crippen LogP contribution in [0.4, 0.5) is 5.82 Å². The van der Waals surface area contributed by atoms with Crippen molar-refractivity contribution in [3.05, 3.63) is 17.8 Å². The molecule has 1 amide bonds. The Morgan fingerprint density at radius 1 is 1.29 bits per heavy atom. The van der Waals surface area contributed by atoms with Crippen molar-refractivity contribution in [2.24, 2.45) is 0 Å². The summed E-state index contributed by atoms with van der Waals surface area (Å²) in [4.78, 5) is 29.1. The fourth-order valence-corrected chi connectivity index (χ4v) is 2.53. The Morgan fingerprint density at radius 2 is 2.06 bits per heavy atom. The van der Waals surface area contributed by atoms with Crippen molar-refractivity contribution in [3.63, 3.8) is 0 Å². The first kappa shape index (κ1) is 10.5. The number of hydrogen-bond acceptors (Lipinski definition) is 3. The third-order valence-electron chi connectivity index (χ3n) is 3.48. The highest BCUT2D eigenvalue weighted by atomic mass is 16.2.